The van der Waals surface area contributed by atoms with Gasteiger partial charge < -0.3 is 24.5 Å². The van der Waals surface area contributed by atoms with Crippen LogP contribution in [0.25, 0.3) is 10.9 Å². The number of hydrogen-bond donors (Lipinski definition) is 2. The number of carbonyl (C=O) groups excluding carboxylic acids is 1. The number of nitrogens with one attached hydrogen (secondary N) is 2. The van der Waals surface area contributed by atoms with Crippen molar-refractivity contribution in [3.63, 3.8) is 0 Å². The van der Waals surface area contributed by atoms with Gasteiger partial charge in [-0.3, -0.25) is 4.79 Å². The smallest absolute Gasteiger partial charge is 0.203 e. The van der Waals surface area contributed by atoms with E-state index in [1.54, 1.807) is 18.3 Å². The molecule has 6 heteroatoms. The Morgan fingerprint density at radius 2 is 1.77 bits per heavy atom. The molecule has 0 amide bonds. The molecule has 0 atom stereocenters. The molecule has 3 aromatic rings. The van der Waals surface area contributed by atoms with Crippen LogP contribution >= 0.6 is 0 Å². The average Bonchev–Trinajstić information content (AvgIpc) is 3.16. The molecule has 0 aliphatic heterocycles. The molecule has 0 unspecified atom stereocenters. The number of H-pyrrole nitrogens is 1. The number of aromatic amines is 1. The molecule has 0 aliphatic carbocycles. The van der Waals surface area contributed by atoms with Gasteiger partial charge in [0.1, 0.15) is 0 Å². The summed E-state index contributed by atoms with van der Waals surface area (Å²) in [6.07, 6.45) is 4.95. The van der Waals surface area contributed by atoms with Crippen LogP contribution in [0.1, 0.15) is 10.4 Å². The Kier molecular flexibility index (Phi) is 5.12. The maximum absolute atomic E-state index is 12.5. The maximum Gasteiger partial charge on any atom is 0.203 e. The first-order valence-electron chi connectivity index (χ1n) is 8.01. The van der Waals surface area contributed by atoms with E-state index in [9.17, 15) is 4.79 Å². The zero-order valence-corrected chi connectivity index (χ0v) is 14.8. The van der Waals surface area contributed by atoms with Crippen molar-refractivity contribution < 1.29 is 19.0 Å². The molecule has 0 saturated heterocycles. The largest absolute Gasteiger partial charge is 0.493 e. The number of methoxy groups -OCH3 is 3. The summed E-state index contributed by atoms with van der Waals surface area (Å²) in [4.78, 5) is 15.7. The summed E-state index contributed by atoms with van der Waals surface area (Å²) in [5, 5.41) is 4.23. The van der Waals surface area contributed by atoms with Crippen molar-refractivity contribution >= 4 is 22.4 Å². The van der Waals surface area contributed by atoms with Crippen LogP contribution in [0, 0.1) is 0 Å². The third kappa shape index (κ3) is 3.35. The fourth-order valence-electron chi connectivity index (χ4n) is 2.73. The van der Waals surface area contributed by atoms with E-state index in [0.717, 1.165) is 16.6 Å². The van der Waals surface area contributed by atoms with Crippen LogP contribution in [0.3, 0.4) is 0 Å². The van der Waals surface area contributed by atoms with Crippen LogP contribution in [0.15, 0.2) is 54.9 Å². The Morgan fingerprint density at radius 1 is 1.04 bits per heavy atom. The second kappa shape index (κ2) is 7.65. The Bertz CT molecular complexity index is 934. The number of aromatic nitrogens is 1. The average molecular weight is 352 g/mol. The number of ether oxygens (including phenoxy) is 3. The number of ketones is 1. The lowest BCUT2D eigenvalue weighted by Crippen LogP contribution is -2.01. The third-order valence-electron chi connectivity index (χ3n) is 4.01. The summed E-state index contributed by atoms with van der Waals surface area (Å²) < 4.78 is 15.8. The standard InChI is InChI=1S/C20H20N2O4/c1-24-17-11-14(12-18(25-2)20(17)26-3)16(23)8-10-21-15-6-4-5-13-7-9-22-19(13)15/h4-12,21-22H,1-3H3/b10-8-. The highest BCUT2D eigenvalue weighted by atomic mass is 16.5. The molecule has 1 aromatic heterocycles. The highest BCUT2D eigenvalue weighted by molar-refractivity contribution is 6.05. The monoisotopic (exact) mass is 352 g/mol. The van der Waals surface area contributed by atoms with Gasteiger partial charge in [-0.25, -0.2) is 0 Å². The highest BCUT2D eigenvalue weighted by Gasteiger charge is 2.15. The van der Waals surface area contributed by atoms with Crippen molar-refractivity contribution in [3.05, 3.63) is 60.4 Å². The minimum absolute atomic E-state index is 0.185. The second-order valence-electron chi connectivity index (χ2n) is 5.50. The molecule has 0 aliphatic rings. The SMILES string of the molecule is COc1cc(C(=O)/C=C\Nc2cccc3cc[nH]c23)cc(OC)c1OC. The van der Waals surface area contributed by atoms with Crippen LogP contribution in [0.5, 0.6) is 17.2 Å². The normalized spacial score (nSPS) is 10.9. The molecule has 1 heterocycles. The van der Waals surface area contributed by atoms with Gasteiger partial charge >= 0.3 is 0 Å². The van der Waals surface area contributed by atoms with Gasteiger partial charge in [-0.05, 0) is 24.3 Å². The molecular weight excluding hydrogens is 332 g/mol. The lowest BCUT2D eigenvalue weighted by atomic mass is 10.1. The minimum atomic E-state index is -0.185. The van der Waals surface area contributed by atoms with E-state index >= 15 is 0 Å². The van der Waals surface area contributed by atoms with E-state index in [1.807, 2.05) is 30.5 Å². The van der Waals surface area contributed by atoms with Crippen molar-refractivity contribution in [2.45, 2.75) is 0 Å². The van der Waals surface area contributed by atoms with E-state index in [2.05, 4.69) is 10.3 Å². The third-order valence-corrected chi connectivity index (χ3v) is 4.01. The van der Waals surface area contributed by atoms with Gasteiger partial charge in [0.25, 0.3) is 0 Å². The number of para-hydroxylation sites is 1. The zero-order chi connectivity index (χ0) is 18.5. The van der Waals surface area contributed by atoms with Gasteiger partial charge in [0.15, 0.2) is 17.3 Å². The summed E-state index contributed by atoms with van der Waals surface area (Å²) in [5.74, 6) is 1.14. The summed E-state index contributed by atoms with van der Waals surface area (Å²) in [6.45, 7) is 0. The Hall–Kier alpha value is -3.41. The Balaban J connectivity index is 1.81. The lowest BCUT2D eigenvalue weighted by molar-refractivity contribution is 0.104. The lowest BCUT2D eigenvalue weighted by Gasteiger charge is -2.13. The number of carbonyl (C=O) groups is 1. The van der Waals surface area contributed by atoms with Gasteiger partial charge in [-0.1, -0.05) is 12.1 Å². The molecule has 134 valence electrons. The summed E-state index contributed by atoms with van der Waals surface area (Å²) in [5.41, 5.74) is 2.31. The Labute approximate surface area is 151 Å². The quantitative estimate of drug-likeness (QED) is 0.497. The van der Waals surface area contributed by atoms with Crippen LogP contribution in [-0.2, 0) is 0 Å². The highest BCUT2D eigenvalue weighted by Crippen LogP contribution is 2.38. The number of hydrogen-bond acceptors (Lipinski definition) is 5. The van der Waals surface area contributed by atoms with Crippen molar-refractivity contribution in [2.24, 2.45) is 0 Å². The topological polar surface area (TPSA) is 72.6 Å². The zero-order valence-electron chi connectivity index (χ0n) is 14.8. The molecule has 0 bridgehead atoms. The fraction of sp³-hybridized carbons (Fsp3) is 0.150. The van der Waals surface area contributed by atoms with Gasteiger partial charge in [-0.2, -0.15) is 0 Å². The number of benzene rings is 2. The summed E-state index contributed by atoms with van der Waals surface area (Å²) >= 11 is 0. The molecule has 0 radical (unpaired) electrons. The molecule has 0 spiro atoms. The predicted octanol–water partition coefficient (Wildman–Crippen LogP) is 4.00. The molecule has 2 aromatic carbocycles. The van der Waals surface area contributed by atoms with Gasteiger partial charge in [-0.15, -0.1) is 0 Å². The number of allylic oxidation sites excluding steroid dienone is 1. The van der Waals surface area contributed by atoms with Crippen molar-refractivity contribution in [2.75, 3.05) is 26.6 Å². The second-order valence-corrected chi connectivity index (χ2v) is 5.50. The van der Waals surface area contributed by atoms with E-state index in [0.29, 0.717) is 22.8 Å². The summed E-state index contributed by atoms with van der Waals surface area (Å²) in [7, 11) is 4.55. The van der Waals surface area contributed by atoms with E-state index < -0.39 is 0 Å². The van der Waals surface area contributed by atoms with Crippen LogP contribution in [-0.4, -0.2) is 32.1 Å². The molecule has 0 fully saturated rings. The Morgan fingerprint density at radius 3 is 2.42 bits per heavy atom. The first-order valence-corrected chi connectivity index (χ1v) is 8.01. The van der Waals surface area contributed by atoms with Crippen LogP contribution < -0.4 is 19.5 Å². The predicted molar refractivity (Wildman–Crippen MR) is 101 cm³/mol. The molecular formula is C20H20N2O4. The molecule has 0 saturated carbocycles. The number of rotatable bonds is 7. The number of anilines is 1. The fourth-order valence-corrected chi connectivity index (χ4v) is 2.73. The molecule has 3 rings (SSSR count). The number of fused-ring (bicyclic) bond motifs is 1. The van der Waals surface area contributed by atoms with Gasteiger partial charge in [0.2, 0.25) is 5.75 Å². The first-order chi connectivity index (χ1) is 12.7. The van der Waals surface area contributed by atoms with E-state index in [1.165, 1.54) is 27.4 Å². The minimum Gasteiger partial charge on any atom is -0.493 e. The van der Waals surface area contributed by atoms with Crippen LogP contribution in [0.2, 0.25) is 0 Å². The summed E-state index contributed by atoms with van der Waals surface area (Å²) in [6, 6.07) is 11.1. The van der Waals surface area contributed by atoms with Gasteiger partial charge in [0.05, 0.1) is 32.5 Å². The van der Waals surface area contributed by atoms with Gasteiger partial charge in [0, 0.05) is 29.4 Å². The van der Waals surface area contributed by atoms with Crippen molar-refractivity contribution in [3.8, 4) is 17.2 Å². The molecule has 2 N–H and O–H groups in total. The van der Waals surface area contributed by atoms with Crippen molar-refractivity contribution in [1.82, 2.24) is 4.98 Å². The molecule has 26 heavy (non-hydrogen) atoms. The van der Waals surface area contributed by atoms with Crippen molar-refractivity contribution in [1.29, 1.82) is 0 Å². The van der Waals surface area contributed by atoms with E-state index in [4.69, 9.17) is 14.2 Å². The maximum atomic E-state index is 12.5. The first kappa shape index (κ1) is 17.4. The van der Waals surface area contributed by atoms with E-state index in [-0.39, 0.29) is 5.78 Å². The molecule has 6 nitrogen and oxygen atoms in total. The van der Waals surface area contributed by atoms with Crippen LogP contribution in [0.4, 0.5) is 5.69 Å².